The molecule has 0 aliphatic rings. The van der Waals surface area contributed by atoms with Crippen LogP contribution in [-0.4, -0.2) is 13.7 Å². The Bertz CT molecular complexity index is 397. The molecule has 1 aromatic rings. The Morgan fingerprint density at radius 1 is 1.47 bits per heavy atom. The minimum Gasteiger partial charge on any atom is -0.496 e. The Labute approximate surface area is 112 Å². The molecule has 3 heteroatoms. The van der Waals surface area contributed by atoms with Crippen LogP contribution in [0.1, 0.15) is 32.4 Å². The van der Waals surface area contributed by atoms with Crippen molar-refractivity contribution in [2.75, 3.05) is 13.7 Å². The van der Waals surface area contributed by atoms with Crippen molar-refractivity contribution in [3.63, 3.8) is 0 Å². The molecule has 1 atom stereocenters. The van der Waals surface area contributed by atoms with Crippen LogP contribution < -0.4 is 10.1 Å². The van der Waals surface area contributed by atoms with E-state index in [1.807, 2.05) is 6.07 Å². The van der Waals surface area contributed by atoms with Crippen LogP contribution in [0.25, 0.3) is 0 Å². The minimum absolute atomic E-state index is 0.327. The number of methoxy groups -OCH3 is 1. The summed E-state index contributed by atoms with van der Waals surface area (Å²) in [6, 6.07) is 6.49. The summed E-state index contributed by atoms with van der Waals surface area (Å²) in [7, 11) is 1.68. The first-order valence-electron chi connectivity index (χ1n) is 5.74. The van der Waals surface area contributed by atoms with Gasteiger partial charge in [-0.05, 0) is 54.4 Å². The lowest BCUT2D eigenvalue weighted by Gasteiger charge is -2.14. The van der Waals surface area contributed by atoms with E-state index in [1.165, 1.54) is 11.1 Å². The molecule has 0 aliphatic heterocycles. The molecule has 0 radical (unpaired) electrons. The Hall–Kier alpha value is -0.800. The number of allylic oxidation sites excluding steroid dienone is 1. The van der Waals surface area contributed by atoms with Gasteiger partial charge >= 0.3 is 0 Å². The van der Waals surface area contributed by atoms with Crippen LogP contribution in [0.5, 0.6) is 5.75 Å². The molecule has 0 saturated carbocycles. The van der Waals surface area contributed by atoms with Gasteiger partial charge < -0.3 is 10.1 Å². The van der Waals surface area contributed by atoms with Crippen LogP contribution >= 0.6 is 15.9 Å². The maximum absolute atomic E-state index is 5.22. The molecule has 0 spiro atoms. The Morgan fingerprint density at radius 3 is 2.71 bits per heavy atom. The Morgan fingerprint density at radius 2 is 2.18 bits per heavy atom. The number of rotatable bonds is 5. The number of benzene rings is 1. The lowest BCUT2D eigenvalue weighted by atomic mass is 10.1. The summed E-state index contributed by atoms with van der Waals surface area (Å²) in [5.41, 5.74) is 2.58. The van der Waals surface area contributed by atoms with Crippen molar-refractivity contribution in [2.24, 2.45) is 0 Å². The highest BCUT2D eigenvalue weighted by atomic mass is 79.9. The van der Waals surface area contributed by atoms with Gasteiger partial charge in [-0.1, -0.05) is 17.7 Å². The number of nitrogens with one attached hydrogen (secondary N) is 1. The zero-order chi connectivity index (χ0) is 12.8. The molecule has 17 heavy (non-hydrogen) atoms. The Kier molecular flexibility index (Phi) is 5.72. The highest BCUT2D eigenvalue weighted by Gasteiger charge is 2.07. The van der Waals surface area contributed by atoms with Gasteiger partial charge in [0.1, 0.15) is 5.75 Å². The second kappa shape index (κ2) is 6.82. The van der Waals surface area contributed by atoms with Gasteiger partial charge in [-0.2, -0.15) is 0 Å². The molecule has 2 nitrogen and oxygen atoms in total. The first-order chi connectivity index (χ1) is 8.04. The zero-order valence-electron chi connectivity index (χ0n) is 10.9. The smallest absolute Gasteiger partial charge is 0.133 e. The second-order valence-corrected chi connectivity index (χ2v) is 5.16. The summed E-state index contributed by atoms with van der Waals surface area (Å²) in [4.78, 5) is 0. The van der Waals surface area contributed by atoms with E-state index < -0.39 is 0 Å². The van der Waals surface area contributed by atoms with Crippen molar-refractivity contribution in [1.29, 1.82) is 0 Å². The normalized spacial score (nSPS) is 12.1. The van der Waals surface area contributed by atoms with E-state index in [9.17, 15) is 0 Å². The molecule has 0 amide bonds. The van der Waals surface area contributed by atoms with Crippen LogP contribution in [0.3, 0.4) is 0 Å². The summed E-state index contributed by atoms with van der Waals surface area (Å²) in [6.45, 7) is 7.27. The van der Waals surface area contributed by atoms with E-state index in [0.717, 1.165) is 16.8 Å². The molecule has 1 unspecified atom stereocenters. The predicted octanol–water partition coefficient (Wildman–Crippen LogP) is 4.07. The van der Waals surface area contributed by atoms with Gasteiger partial charge in [0.05, 0.1) is 11.6 Å². The van der Waals surface area contributed by atoms with Crippen molar-refractivity contribution in [1.82, 2.24) is 5.32 Å². The van der Waals surface area contributed by atoms with E-state index in [-0.39, 0.29) is 0 Å². The maximum Gasteiger partial charge on any atom is 0.133 e. The predicted molar refractivity (Wildman–Crippen MR) is 76.5 cm³/mol. The third-order valence-corrected chi connectivity index (χ3v) is 3.23. The van der Waals surface area contributed by atoms with Crippen molar-refractivity contribution >= 4 is 15.9 Å². The number of hydrogen-bond donors (Lipinski definition) is 1. The fourth-order valence-corrected chi connectivity index (χ4v) is 2.07. The fraction of sp³-hybridized carbons (Fsp3) is 0.429. The van der Waals surface area contributed by atoms with Crippen molar-refractivity contribution < 1.29 is 4.74 Å². The highest BCUT2D eigenvalue weighted by molar-refractivity contribution is 9.10. The summed E-state index contributed by atoms with van der Waals surface area (Å²) in [5, 5.41) is 3.46. The Balaban J connectivity index is 2.66. The molecule has 0 saturated heterocycles. The molecule has 1 aromatic carbocycles. The maximum atomic E-state index is 5.22. The van der Waals surface area contributed by atoms with Gasteiger partial charge in [0.15, 0.2) is 0 Å². The molecule has 0 fully saturated rings. The average Bonchev–Trinajstić information content (AvgIpc) is 2.28. The largest absolute Gasteiger partial charge is 0.496 e. The minimum atomic E-state index is 0.327. The third-order valence-electron chi connectivity index (χ3n) is 2.61. The van der Waals surface area contributed by atoms with Gasteiger partial charge in [-0.3, -0.25) is 0 Å². The van der Waals surface area contributed by atoms with E-state index in [0.29, 0.717) is 6.04 Å². The third kappa shape index (κ3) is 4.52. The van der Waals surface area contributed by atoms with Crippen LogP contribution in [0.2, 0.25) is 0 Å². The monoisotopic (exact) mass is 297 g/mol. The topological polar surface area (TPSA) is 21.3 Å². The van der Waals surface area contributed by atoms with Gasteiger partial charge in [-0.15, -0.1) is 0 Å². The van der Waals surface area contributed by atoms with Crippen LogP contribution in [0, 0.1) is 0 Å². The number of ether oxygens (including phenoxy) is 1. The highest BCUT2D eigenvalue weighted by Crippen LogP contribution is 2.27. The molecule has 0 aliphatic carbocycles. The fourth-order valence-electron chi connectivity index (χ4n) is 1.51. The number of hydrogen-bond acceptors (Lipinski definition) is 2. The quantitative estimate of drug-likeness (QED) is 0.827. The van der Waals surface area contributed by atoms with Gasteiger partial charge in [-0.25, -0.2) is 0 Å². The molecular weight excluding hydrogens is 278 g/mol. The van der Waals surface area contributed by atoms with Gasteiger partial charge in [0.25, 0.3) is 0 Å². The molecule has 0 bridgehead atoms. The van der Waals surface area contributed by atoms with Crippen molar-refractivity contribution in [3.05, 3.63) is 39.9 Å². The SMILES string of the molecule is COc1ccc(C(C)NCC=C(C)C)cc1Br. The van der Waals surface area contributed by atoms with Gasteiger partial charge in [0.2, 0.25) is 0 Å². The standard InChI is InChI=1S/C14H20BrNO/c1-10(2)7-8-16-11(3)12-5-6-14(17-4)13(15)9-12/h5-7,9,11,16H,8H2,1-4H3. The molecule has 0 aromatic heterocycles. The zero-order valence-corrected chi connectivity index (χ0v) is 12.5. The van der Waals surface area contributed by atoms with Crippen LogP contribution in [0.4, 0.5) is 0 Å². The van der Waals surface area contributed by atoms with E-state index in [2.05, 4.69) is 60.2 Å². The first-order valence-corrected chi connectivity index (χ1v) is 6.54. The summed E-state index contributed by atoms with van der Waals surface area (Å²) in [6.07, 6.45) is 2.19. The van der Waals surface area contributed by atoms with Gasteiger partial charge in [0, 0.05) is 12.6 Å². The van der Waals surface area contributed by atoms with Crippen molar-refractivity contribution in [3.8, 4) is 5.75 Å². The molecule has 0 heterocycles. The summed E-state index contributed by atoms with van der Waals surface area (Å²) < 4.78 is 6.21. The lowest BCUT2D eigenvalue weighted by Crippen LogP contribution is -2.18. The molecule has 1 N–H and O–H groups in total. The van der Waals surface area contributed by atoms with Crippen molar-refractivity contribution in [2.45, 2.75) is 26.8 Å². The summed E-state index contributed by atoms with van der Waals surface area (Å²) >= 11 is 3.50. The van der Waals surface area contributed by atoms with Crippen LogP contribution in [-0.2, 0) is 0 Å². The van der Waals surface area contributed by atoms with E-state index >= 15 is 0 Å². The van der Waals surface area contributed by atoms with Crippen LogP contribution in [0.15, 0.2) is 34.3 Å². The molecular formula is C14H20BrNO. The lowest BCUT2D eigenvalue weighted by molar-refractivity contribution is 0.411. The molecule has 1 rings (SSSR count). The number of halogens is 1. The summed E-state index contributed by atoms with van der Waals surface area (Å²) in [5.74, 6) is 0.866. The van der Waals surface area contributed by atoms with E-state index in [1.54, 1.807) is 7.11 Å². The average molecular weight is 298 g/mol. The molecule has 94 valence electrons. The second-order valence-electron chi connectivity index (χ2n) is 4.31. The van der Waals surface area contributed by atoms with E-state index in [4.69, 9.17) is 4.74 Å². The first kappa shape index (κ1) is 14.3.